The van der Waals surface area contributed by atoms with E-state index in [2.05, 4.69) is 78.3 Å². The molecule has 0 aromatic heterocycles. The largest absolute Gasteiger partial charge is 0.0654 e. The number of fused-ring (bicyclic) bond motifs is 1. The maximum Gasteiger partial charge on any atom is 0.0181 e. The Morgan fingerprint density at radius 1 is 1.10 bits per heavy atom. The molecule has 0 saturated heterocycles. The summed E-state index contributed by atoms with van der Waals surface area (Å²) >= 11 is 3.58. The lowest BCUT2D eigenvalue weighted by Crippen LogP contribution is -1.98. The summed E-state index contributed by atoms with van der Waals surface area (Å²) in [6.45, 7) is 4.58. The van der Waals surface area contributed by atoms with Crippen LogP contribution < -0.4 is 0 Å². The van der Waals surface area contributed by atoms with Gasteiger partial charge in [0.05, 0.1) is 0 Å². The maximum absolute atomic E-state index is 3.58. The fourth-order valence-electron chi connectivity index (χ4n) is 3.22. The van der Waals surface area contributed by atoms with E-state index in [1.807, 2.05) is 0 Å². The van der Waals surface area contributed by atoms with Gasteiger partial charge in [-0.3, -0.25) is 0 Å². The molecule has 0 bridgehead atoms. The van der Waals surface area contributed by atoms with Gasteiger partial charge in [-0.25, -0.2) is 0 Å². The molecule has 108 valence electrons. The highest BCUT2D eigenvalue weighted by atomic mass is 79.9. The Morgan fingerprint density at radius 2 is 1.90 bits per heavy atom. The smallest absolute Gasteiger partial charge is 0.0181 e. The summed E-state index contributed by atoms with van der Waals surface area (Å²) in [6.07, 6.45) is 6.06. The normalized spacial score (nSPS) is 16.7. The van der Waals surface area contributed by atoms with E-state index >= 15 is 0 Å². The van der Waals surface area contributed by atoms with E-state index < -0.39 is 0 Å². The number of unbranched alkanes of at least 4 members (excludes halogenated alkanes) is 1. The average Bonchev–Trinajstić information content (AvgIpc) is 2.81. The molecule has 0 aliphatic heterocycles. The van der Waals surface area contributed by atoms with Gasteiger partial charge in [0.25, 0.3) is 0 Å². The Kier molecular flexibility index (Phi) is 4.30. The fourth-order valence-corrected chi connectivity index (χ4v) is 3.60. The summed E-state index contributed by atoms with van der Waals surface area (Å²) in [6, 6.07) is 15.5. The number of aryl methyl sites for hydroxylation is 1. The summed E-state index contributed by atoms with van der Waals surface area (Å²) in [4.78, 5) is 0. The van der Waals surface area contributed by atoms with Gasteiger partial charge in [-0.1, -0.05) is 72.6 Å². The summed E-state index contributed by atoms with van der Waals surface area (Å²) in [5.74, 6) is 0.482. The summed E-state index contributed by atoms with van der Waals surface area (Å²) in [7, 11) is 0. The summed E-state index contributed by atoms with van der Waals surface area (Å²) < 4.78 is 1.16. The highest BCUT2D eigenvalue weighted by molar-refractivity contribution is 9.10. The van der Waals surface area contributed by atoms with Crippen LogP contribution in [0.1, 0.15) is 54.9 Å². The standard InChI is InChI=1S/C20H21Br/c1-3-4-7-15-8-5-6-9-19(15)20-13-16-12-17(21)10-11-18(16)14(20)2/h5-6,8-14H,3-4,7H2,1-2H3. The molecule has 0 N–H and O–H groups in total. The number of rotatable bonds is 4. The molecular weight excluding hydrogens is 320 g/mol. The fraction of sp³-hybridized carbons (Fsp3) is 0.300. The van der Waals surface area contributed by atoms with E-state index in [9.17, 15) is 0 Å². The van der Waals surface area contributed by atoms with Crippen LogP contribution >= 0.6 is 15.9 Å². The second-order valence-electron chi connectivity index (χ2n) is 5.86. The highest BCUT2D eigenvalue weighted by Gasteiger charge is 2.23. The number of allylic oxidation sites excluding steroid dienone is 1. The number of halogens is 1. The molecule has 21 heavy (non-hydrogen) atoms. The summed E-state index contributed by atoms with van der Waals surface area (Å²) in [5.41, 5.74) is 7.19. The van der Waals surface area contributed by atoms with Crippen molar-refractivity contribution in [1.29, 1.82) is 0 Å². The molecule has 1 heteroatoms. The van der Waals surface area contributed by atoms with Gasteiger partial charge >= 0.3 is 0 Å². The topological polar surface area (TPSA) is 0 Å². The first-order valence-corrected chi connectivity index (χ1v) is 8.59. The Hall–Kier alpha value is -1.34. The number of benzene rings is 2. The van der Waals surface area contributed by atoms with Crippen molar-refractivity contribution in [2.75, 3.05) is 0 Å². The van der Waals surface area contributed by atoms with Crippen molar-refractivity contribution in [2.45, 2.75) is 39.0 Å². The van der Waals surface area contributed by atoms with Gasteiger partial charge in [0, 0.05) is 10.4 Å². The zero-order valence-electron chi connectivity index (χ0n) is 12.7. The van der Waals surface area contributed by atoms with E-state index in [1.165, 1.54) is 47.1 Å². The molecule has 2 aromatic carbocycles. The molecule has 1 aliphatic carbocycles. The van der Waals surface area contributed by atoms with E-state index in [0.717, 1.165) is 4.47 Å². The number of hydrogen-bond donors (Lipinski definition) is 0. The predicted octanol–water partition coefficient (Wildman–Crippen LogP) is 6.45. The van der Waals surface area contributed by atoms with Crippen LogP contribution in [0.5, 0.6) is 0 Å². The maximum atomic E-state index is 3.58. The van der Waals surface area contributed by atoms with Crippen LogP contribution in [0.4, 0.5) is 0 Å². The SMILES string of the molecule is CCCCc1ccccc1C1=Cc2cc(Br)ccc2C1C. The van der Waals surface area contributed by atoms with Crippen LogP contribution in [-0.2, 0) is 6.42 Å². The van der Waals surface area contributed by atoms with Crippen molar-refractivity contribution >= 4 is 27.6 Å². The second-order valence-corrected chi connectivity index (χ2v) is 6.77. The molecule has 2 aromatic rings. The lowest BCUT2D eigenvalue weighted by molar-refractivity contribution is 0.792. The van der Waals surface area contributed by atoms with Gasteiger partial charge in [0.1, 0.15) is 0 Å². The lowest BCUT2D eigenvalue weighted by Gasteiger charge is -2.15. The van der Waals surface area contributed by atoms with Crippen LogP contribution in [0.15, 0.2) is 46.9 Å². The van der Waals surface area contributed by atoms with Gasteiger partial charge in [-0.05, 0) is 52.8 Å². The van der Waals surface area contributed by atoms with E-state index in [-0.39, 0.29) is 0 Å². The third-order valence-corrected chi connectivity index (χ3v) is 4.91. The molecule has 1 aliphatic rings. The Morgan fingerprint density at radius 3 is 2.71 bits per heavy atom. The molecule has 0 spiro atoms. The van der Waals surface area contributed by atoms with Gasteiger partial charge in [0.2, 0.25) is 0 Å². The van der Waals surface area contributed by atoms with Crippen molar-refractivity contribution in [2.24, 2.45) is 0 Å². The molecule has 0 nitrogen and oxygen atoms in total. The van der Waals surface area contributed by atoms with Crippen LogP contribution in [-0.4, -0.2) is 0 Å². The highest BCUT2D eigenvalue weighted by Crippen LogP contribution is 2.43. The first-order valence-electron chi connectivity index (χ1n) is 7.80. The van der Waals surface area contributed by atoms with Gasteiger partial charge < -0.3 is 0 Å². The van der Waals surface area contributed by atoms with Crippen LogP contribution in [0, 0.1) is 0 Å². The van der Waals surface area contributed by atoms with Gasteiger partial charge in [-0.2, -0.15) is 0 Å². The molecule has 1 atom stereocenters. The minimum absolute atomic E-state index is 0.482. The molecule has 1 unspecified atom stereocenters. The zero-order chi connectivity index (χ0) is 14.8. The molecule has 0 fully saturated rings. The first kappa shape index (κ1) is 14.6. The van der Waals surface area contributed by atoms with Gasteiger partial charge in [0.15, 0.2) is 0 Å². The Labute approximate surface area is 136 Å². The predicted molar refractivity (Wildman–Crippen MR) is 95.5 cm³/mol. The van der Waals surface area contributed by atoms with Crippen molar-refractivity contribution < 1.29 is 0 Å². The second kappa shape index (κ2) is 6.19. The zero-order valence-corrected chi connectivity index (χ0v) is 14.3. The van der Waals surface area contributed by atoms with Crippen LogP contribution in [0.3, 0.4) is 0 Å². The lowest BCUT2D eigenvalue weighted by atomic mass is 9.89. The van der Waals surface area contributed by atoms with Crippen LogP contribution in [0.2, 0.25) is 0 Å². The van der Waals surface area contributed by atoms with Crippen molar-refractivity contribution in [3.63, 3.8) is 0 Å². The quantitative estimate of drug-likeness (QED) is 0.599. The summed E-state index contributed by atoms with van der Waals surface area (Å²) in [5, 5.41) is 0. The van der Waals surface area contributed by atoms with E-state index in [4.69, 9.17) is 0 Å². The number of hydrogen-bond acceptors (Lipinski definition) is 0. The molecule has 0 radical (unpaired) electrons. The minimum Gasteiger partial charge on any atom is -0.0654 e. The van der Waals surface area contributed by atoms with Gasteiger partial charge in [-0.15, -0.1) is 0 Å². The molecule has 0 heterocycles. The molecule has 3 rings (SSSR count). The van der Waals surface area contributed by atoms with Crippen molar-refractivity contribution in [1.82, 2.24) is 0 Å². The minimum atomic E-state index is 0.482. The molecular formula is C20H21Br. The molecule has 0 amide bonds. The third-order valence-electron chi connectivity index (χ3n) is 4.42. The average molecular weight is 341 g/mol. The Bertz CT molecular complexity index is 682. The van der Waals surface area contributed by atoms with E-state index in [1.54, 1.807) is 0 Å². The van der Waals surface area contributed by atoms with Crippen LogP contribution in [0.25, 0.3) is 11.6 Å². The monoisotopic (exact) mass is 340 g/mol. The van der Waals surface area contributed by atoms with Crippen molar-refractivity contribution in [3.05, 3.63) is 69.2 Å². The van der Waals surface area contributed by atoms with Crippen molar-refractivity contribution in [3.8, 4) is 0 Å². The Balaban J connectivity index is 2.01. The molecule has 0 saturated carbocycles. The first-order chi connectivity index (χ1) is 10.2. The van der Waals surface area contributed by atoms with E-state index in [0.29, 0.717) is 5.92 Å². The third kappa shape index (κ3) is 2.85.